The first-order valence-corrected chi connectivity index (χ1v) is 5.13. The Morgan fingerprint density at radius 2 is 2.19 bits per heavy atom. The van der Waals surface area contributed by atoms with Gasteiger partial charge in [0.05, 0.1) is 13.0 Å². The first-order chi connectivity index (χ1) is 7.81. The average Bonchev–Trinajstić information content (AvgIpc) is 2.34. The Labute approximate surface area is 99.3 Å². The molecular formula is C12H11ClO3. The van der Waals surface area contributed by atoms with Gasteiger partial charge in [-0.2, -0.15) is 0 Å². The molecule has 1 aromatic carbocycles. The number of carbonyl (C=O) groups is 1. The van der Waals surface area contributed by atoms with Crippen LogP contribution in [0.4, 0.5) is 0 Å². The van der Waals surface area contributed by atoms with Gasteiger partial charge in [0.15, 0.2) is 11.5 Å². The predicted molar refractivity (Wildman–Crippen MR) is 62.4 cm³/mol. The summed E-state index contributed by atoms with van der Waals surface area (Å²) >= 11 is 5.39. The highest BCUT2D eigenvalue weighted by molar-refractivity contribution is 6.19. The quantitative estimate of drug-likeness (QED) is 0.458. The lowest BCUT2D eigenvalue weighted by Gasteiger charge is -2.08. The smallest absolute Gasteiger partial charge is 0.162 e. The molecule has 0 aliphatic rings. The molecule has 0 aliphatic heterocycles. The molecule has 0 bridgehead atoms. The average molecular weight is 239 g/mol. The zero-order valence-electron chi connectivity index (χ0n) is 8.83. The van der Waals surface area contributed by atoms with E-state index in [2.05, 4.69) is 11.8 Å². The Hall–Kier alpha value is -1.66. The molecule has 0 amide bonds. The van der Waals surface area contributed by atoms with Crippen molar-refractivity contribution in [2.24, 2.45) is 0 Å². The molecule has 0 N–H and O–H groups in total. The topological polar surface area (TPSA) is 35.5 Å². The third-order valence-electron chi connectivity index (χ3n) is 1.82. The minimum absolute atomic E-state index is 0.240. The third kappa shape index (κ3) is 3.48. The van der Waals surface area contributed by atoms with Crippen LogP contribution in [0.5, 0.6) is 11.5 Å². The highest BCUT2D eigenvalue weighted by Gasteiger charge is 2.04. The Morgan fingerprint density at radius 3 is 2.81 bits per heavy atom. The number of methoxy groups -OCH3 is 1. The molecule has 0 saturated carbocycles. The van der Waals surface area contributed by atoms with E-state index >= 15 is 0 Å². The predicted octanol–water partition coefficient (Wildman–Crippen LogP) is 2.13. The second kappa shape index (κ2) is 6.76. The molecular weight excluding hydrogens is 228 g/mol. The van der Waals surface area contributed by atoms with E-state index in [0.717, 1.165) is 6.29 Å². The summed E-state index contributed by atoms with van der Waals surface area (Å²) in [5.74, 6) is 6.75. The zero-order chi connectivity index (χ0) is 11.8. The number of ether oxygens (including phenoxy) is 2. The molecule has 0 spiro atoms. The monoisotopic (exact) mass is 238 g/mol. The normalized spacial score (nSPS) is 8.88. The third-order valence-corrected chi connectivity index (χ3v) is 1.95. The SMILES string of the molecule is COc1cc(C=O)ccc1OCC#CCCl. The summed E-state index contributed by atoms with van der Waals surface area (Å²) in [4.78, 5) is 10.6. The van der Waals surface area contributed by atoms with Crippen LogP contribution in [0.15, 0.2) is 18.2 Å². The summed E-state index contributed by atoms with van der Waals surface area (Å²) in [7, 11) is 1.52. The van der Waals surface area contributed by atoms with Crippen LogP contribution in [0.1, 0.15) is 10.4 Å². The van der Waals surface area contributed by atoms with Crippen LogP contribution in [-0.2, 0) is 0 Å². The van der Waals surface area contributed by atoms with Crippen LogP contribution in [-0.4, -0.2) is 25.9 Å². The summed E-state index contributed by atoms with van der Waals surface area (Å²) in [5, 5.41) is 0. The zero-order valence-corrected chi connectivity index (χ0v) is 9.58. The van der Waals surface area contributed by atoms with Gasteiger partial charge in [-0.1, -0.05) is 11.8 Å². The minimum Gasteiger partial charge on any atom is -0.493 e. The van der Waals surface area contributed by atoms with Gasteiger partial charge in [0.2, 0.25) is 0 Å². The molecule has 0 aromatic heterocycles. The van der Waals surface area contributed by atoms with Crippen molar-refractivity contribution in [3.63, 3.8) is 0 Å². The van der Waals surface area contributed by atoms with Crippen molar-refractivity contribution >= 4 is 17.9 Å². The van der Waals surface area contributed by atoms with Crippen molar-refractivity contribution in [1.29, 1.82) is 0 Å². The van der Waals surface area contributed by atoms with Crippen LogP contribution in [0.3, 0.4) is 0 Å². The van der Waals surface area contributed by atoms with Crippen molar-refractivity contribution in [2.45, 2.75) is 0 Å². The molecule has 84 valence electrons. The molecule has 16 heavy (non-hydrogen) atoms. The van der Waals surface area contributed by atoms with Crippen molar-refractivity contribution in [2.75, 3.05) is 19.6 Å². The van der Waals surface area contributed by atoms with Gasteiger partial charge in [0.1, 0.15) is 12.9 Å². The number of rotatable bonds is 4. The Bertz CT molecular complexity index is 418. The van der Waals surface area contributed by atoms with E-state index in [1.807, 2.05) is 0 Å². The number of alkyl halides is 1. The molecule has 0 heterocycles. The standard InChI is InChI=1S/C12H11ClO3/c1-15-12-8-10(9-14)4-5-11(12)16-7-3-2-6-13/h4-5,8-9H,6-7H2,1H3. The molecule has 0 atom stereocenters. The van der Waals surface area contributed by atoms with Crippen molar-refractivity contribution < 1.29 is 14.3 Å². The van der Waals surface area contributed by atoms with Crippen LogP contribution in [0.25, 0.3) is 0 Å². The maximum atomic E-state index is 10.6. The summed E-state index contributed by atoms with van der Waals surface area (Å²) in [5.41, 5.74) is 0.538. The molecule has 4 heteroatoms. The highest BCUT2D eigenvalue weighted by Crippen LogP contribution is 2.27. The lowest BCUT2D eigenvalue weighted by Crippen LogP contribution is -1.97. The largest absolute Gasteiger partial charge is 0.493 e. The first-order valence-electron chi connectivity index (χ1n) is 4.59. The summed E-state index contributed by atoms with van der Waals surface area (Å²) < 4.78 is 10.4. The fraction of sp³-hybridized carbons (Fsp3) is 0.250. The molecule has 0 radical (unpaired) electrons. The molecule has 0 aliphatic carbocycles. The van der Waals surface area contributed by atoms with E-state index in [9.17, 15) is 4.79 Å². The van der Waals surface area contributed by atoms with Gasteiger partial charge < -0.3 is 9.47 Å². The van der Waals surface area contributed by atoms with E-state index in [0.29, 0.717) is 17.1 Å². The van der Waals surface area contributed by atoms with Gasteiger partial charge in [-0.25, -0.2) is 0 Å². The van der Waals surface area contributed by atoms with Crippen LogP contribution < -0.4 is 9.47 Å². The van der Waals surface area contributed by atoms with Crippen molar-refractivity contribution in [1.82, 2.24) is 0 Å². The second-order valence-electron chi connectivity index (χ2n) is 2.80. The van der Waals surface area contributed by atoms with Gasteiger partial charge in [-0.15, -0.1) is 11.6 Å². The van der Waals surface area contributed by atoms with E-state index in [4.69, 9.17) is 21.1 Å². The van der Waals surface area contributed by atoms with Gasteiger partial charge in [-0.3, -0.25) is 4.79 Å². The molecule has 0 saturated heterocycles. The lowest BCUT2D eigenvalue weighted by atomic mass is 10.2. The maximum absolute atomic E-state index is 10.6. The van der Waals surface area contributed by atoms with Crippen molar-refractivity contribution in [3.05, 3.63) is 23.8 Å². The number of benzene rings is 1. The van der Waals surface area contributed by atoms with Crippen LogP contribution >= 0.6 is 11.6 Å². The lowest BCUT2D eigenvalue weighted by molar-refractivity contribution is 0.112. The number of aldehydes is 1. The molecule has 0 fully saturated rings. The first kappa shape index (κ1) is 12.4. The second-order valence-corrected chi connectivity index (χ2v) is 3.07. The Kier molecular flexibility index (Phi) is 5.24. The molecule has 1 rings (SSSR count). The van der Waals surface area contributed by atoms with E-state index in [1.54, 1.807) is 18.2 Å². The molecule has 1 aromatic rings. The summed E-state index contributed by atoms with van der Waals surface area (Å²) in [6.45, 7) is 0.240. The van der Waals surface area contributed by atoms with E-state index in [-0.39, 0.29) is 12.5 Å². The Morgan fingerprint density at radius 1 is 1.38 bits per heavy atom. The maximum Gasteiger partial charge on any atom is 0.162 e. The van der Waals surface area contributed by atoms with Gasteiger partial charge in [-0.05, 0) is 18.2 Å². The highest BCUT2D eigenvalue weighted by atomic mass is 35.5. The summed E-state index contributed by atoms with van der Waals surface area (Å²) in [6, 6.07) is 4.93. The fourth-order valence-electron chi connectivity index (χ4n) is 1.09. The minimum atomic E-state index is 0.240. The van der Waals surface area contributed by atoms with Gasteiger partial charge in [0.25, 0.3) is 0 Å². The van der Waals surface area contributed by atoms with Gasteiger partial charge in [0, 0.05) is 5.56 Å². The van der Waals surface area contributed by atoms with Crippen LogP contribution in [0, 0.1) is 11.8 Å². The number of carbonyl (C=O) groups excluding carboxylic acids is 1. The van der Waals surface area contributed by atoms with E-state index < -0.39 is 0 Å². The summed E-state index contributed by atoms with van der Waals surface area (Å²) in [6.07, 6.45) is 0.750. The number of halogens is 1. The number of hydrogen-bond acceptors (Lipinski definition) is 3. The number of hydrogen-bond donors (Lipinski definition) is 0. The van der Waals surface area contributed by atoms with Crippen LogP contribution in [0.2, 0.25) is 0 Å². The Balaban J connectivity index is 2.75. The van der Waals surface area contributed by atoms with Gasteiger partial charge >= 0.3 is 0 Å². The van der Waals surface area contributed by atoms with Crippen molar-refractivity contribution in [3.8, 4) is 23.3 Å². The molecule has 0 unspecified atom stereocenters. The fourth-order valence-corrected chi connectivity index (χ4v) is 1.18. The van der Waals surface area contributed by atoms with E-state index in [1.165, 1.54) is 7.11 Å². The molecule has 3 nitrogen and oxygen atoms in total.